The highest BCUT2D eigenvalue weighted by atomic mass is 32.1. The molecule has 1 aliphatic carbocycles. The summed E-state index contributed by atoms with van der Waals surface area (Å²) in [6.45, 7) is 0.539. The molecule has 0 saturated heterocycles. The van der Waals surface area contributed by atoms with Crippen molar-refractivity contribution in [2.75, 3.05) is 0 Å². The van der Waals surface area contributed by atoms with E-state index in [0.717, 1.165) is 10.7 Å². The number of carbonyl (C=O) groups is 1. The molecule has 0 spiro atoms. The Hall–Kier alpha value is -1.76. The first-order valence-electron chi connectivity index (χ1n) is 5.86. The maximum absolute atomic E-state index is 10.9. The van der Waals surface area contributed by atoms with Crippen LogP contribution in [0.5, 0.6) is 0 Å². The van der Waals surface area contributed by atoms with Crippen LogP contribution in [0, 0.1) is 0 Å². The second-order valence-electron chi connectivity index (χ2n) is 4.46. The summed E-state index contributed by atoms with van der Waals surface area (Å²) < 4.78 is 1.76. The first kappa shape index (κ1) is 11.3. The molecule has 2 aromatic rings. The number of thiazole rings is 1. The lowest BCUT2D eigenvalue weighted by molar-refractivity contribution is 0.0996. The van der Waals surface area contributed by atoms with Crippen molar-refractivity contribution in [1.82, 2.24) is 20.0 Å². The number of rotatable bonds is 4. The van der Waals surface area contributed by atoms with Crippen LogP contribution in [0.2, 0.25) is 0 Å². The molecule has 0 aliphatic heterocycles. The van der Waals surface area contributed by atoms with E-state index in [4.69, 9.17) is 5.73 Å². The van der Waals surface area contributed by atoms with Gasteiger partial charge in [-0.1, -0.05) is 11.6 Å². The minimum absolute atomic E-state index is 0.314. The lowest BCUT2D eigenvalue weighted by Gasteiger charge is -2.22. The molecule has 2 aromatic heterocycles. The van der Waals surface area contributed by atoms with Gasteiger partial charge in [0.15, 0.2) is 0 Å². The van der Waals surface area contributed by atoms with Gasteiger partial charge in [-0.05, 0) is 12.8 Å². The summed E-state index contributed by atoms with van der Waals surface area (Å²) in [6, 6.07) is 0. The molecule has 7 heteroatoms. The highest BCUT2D eigenvalue weighted by Gasteiger charge is 2.22. The number of primary amides is 1. The summed E-state index contributed by atoms with van der Waals surface area (Å²) in [5.74, 6) is 0.0856. The number of nitrogens with zero attached hydrogens (tertiary/aromatic N) is 4. The summed E-state index contributed by atoms with van der Waals surface area (Å²) in [5, 5.41) is 10.7. The third kappa shape index (κ3) is 2.13. The molecule has 1 fully saturated rings. The Bertz CT molecular complexity index is 572. The van der Waals surface area contributed by atoms with Crippen molar-refractivity contribution < 1.29 is 4.79 Å². The van der Waals surface area contributed by atoms with E-state index in [2.05, 4.69) is 15.3 Å². The van der Waals surface area contributed by atoms with Crippen LogP contribution in [-0.4, -0.2) is 25.9 Å². The van der Waals surface area contributed by atoms with Gasteiger partial charge in [0.05, 0.1) is 12.2 Å². The molecule has 94 valence electrons. The van der Waals surface area contributed by atoms with Gasteiger partial charge in [-0.3, -0.25) is 4.79 Å². The van der Waals surface area contributed by atoms with Gasteiger partial charge < -0.3 is 5.73 Å². The highest BCUT2D eigenvalue weighted by Crippen LogP contribution is 2.34. The van der Waals surface area contributed by atoms with Crippen LogP contribution in [0.3, 0.4) is 0 Å². The van der Waals surface area contributed by atoms with Gasteiger partial charge in [0, 0.05) is 17.5 Å². The van der Waals surface area contributed by atoms with Crippen molar-refractivity contribution in [3.05, 3.63) is 28.0 Å². The van der Waals surface area contributed by atoms with E-state index in [1.165, 1.54) is 30.6 Å². The van der Waals surface area contributed by atoms with Crippen molar-refractivity contribution >= 4 is 17.2 Å². The van der Waals surface area contributed by atoms with Crippen molar-refractivity contribution in [2.45, 2.75) is 31.7 Å². The highest BCUT2D eigenvalue weighted by molar-refractivity contribution is 7.09. The molecule has 1 saturated carbocycles. The standard InChI is InChI=1S/C11H13N5OS/c12-11(17)9-6-18-10(13-9)5-16-4-8(14-15-16)7-2-1-3-7/h4,6-7H,1-3,5H2,(H2,12,17). The lowest BCUT2D eigenvalue weighted by Crippen LogP contribution is -2.11. The first-order valence-corrected chi connectivity index (χ1v) is 6.74. The van der Waals surface area contributed by atoms with Gasteiger partial charge in [0.2, 0.25) is 0 Å². The smallest absolute Gasteiger partial charge is 0.268 e. The fourth-order valence-corrected chi connectivity index (χ4v) is 2.69. The van der Waals surface area contributed by atoms with E-state index in [9.17, 15) is 4.79 Å². The maximum Gasteiger partial charge on any atom is 0.268 e. The van der Waals surface area contributed by atoms with E-state index in [0.29, 0.717) is 18.2 Å². The second kappa shape index (κ2) is 4.49. The van der Waals surface area contributed by atoms with Crippen LogP contribution in [0.1, 0.15) is 46.4 Å². The quantitative estimate of drug-likeness (QED) is 0.896. The number of amides is 1. The van der Waals surface area contributed by atoms with Crippen molar-refractivity contribution in [3.63, 3.8) is 0 Å². The number of aromatic nitrogens is 4. The third-order valence-electron chi connectivity index (χ3n) is 3.18. The van der Waals surface area contributed by atoms with Crippen LogP contribution in [0.4, 0.5) is 0 Å². The van der Waals surface area contributed by atoms with Crippen molar-refractivity contribution in [1.29, 1.82) is 0 Å². The van der Waals surface area contributed by atoms with Gasteiger partial charge in [0.1, 0.15) is 10.7 Å². The third-order valence-corrected chi connectivity index (χ3v) is 4.01. The summed E-state index contributed by atoms with van der Waals surface area (Å²) in [4.78, 5) is 15.1. The van der Waals surface area contributed by atoms with Crippen LogP contribution in [0.25, 0.3) is 0 Å². The van der Waals surface area contributed by atoms with E-state index in [1.807, 2.05) is 6.20 Å². The van der Waals surface area contributed by atoms with Gasteiger partial charge >= 0.3 is 0 Å². The van der Waals surface area contributed by atoms with Crippen LogP contribution >= 0.6 is 11.3 Å². The predicted molar refractivity (Wildman–Crippen MR) is 66.3 cm³/mol. The molecular formula is C11H13N5OS. The minimum Gasteiger partial charge on any atom is -0.364 e. The summed E-state index contributed by atoms with van der Waals surface area (Å²) in [6.07, 6.45) is 5.67. The van der Waals surface area contributed by atoms with Gasteiger partial charge in [-0.15, -0.1) is 16.4 Å². The number of hydrogen-bond acceptors (Lipinski definition) is 5. The molecule has 3 rings (SSSR count). The number of hydrogen-bond donors (Lipinski definition) is 1. The molecule has 0 atom stereocenters. The van der Waals surface area contributed by atoms with E-state index >= 15 is 0 Å². The van der Waals surface area contributed by atoms with Gasteiger partial charge in [-0.25, -0.2) is 9.67 Å². The Morgan fingerprint density at radius 3 is 3.00 bits per heavy atom. The van der Waals surface area contributed by atoms with Crippen LogP contribution in [0.15, 0.2) is 11.6 Å². The maximum atomic E-state index is 10.9. The fourth-order valence-electron chi connectivity index (χ4n) is 1.92. The zero-order valence-electron chi connectivity index (χ0n) is 9.74. The van der Waals surface area contributed by atoms with Crippen molar-refractivity contribution in [2.24, 2.45) is 5.73 Å². The molecule has 2 N–H and O–H groups in total. The Labute approximate surface area is 108 Å². The Morgan fingerprint density at radius 2 is 2.39 bits per heavy atom. The predicted octanol–water partition coefficient (Wildman–Crippen LogP) is 1.15. The Kier molecular flexibility index (Phi) is 2.83. The lowest BCUT2D eigenvalue weighted by atomic mass is 9.83. The largest absolute Gasteiger partial charge is 0.364 e. The van der Waals surface area contributed by atoms with Crippen molar-refractivity contribution in [3.8, 4) is 0 Å². The SMILES string of the molecule is NC(=O)c1csc(Cn2cc(C3CCC3)nn2)n1. The fraction of sp³-hybridized carbons (Fsp3) is 0.455. The molecule has 1 aliphatic rings. The summed E-state index contributed by atoms with van der Waals surface area (Å²) in [7, 11) is 0. The van der Waals surface area contributed by atoms with E-state index in [-0.39, 0.29) is 0 Å². The number of nitrogens with two attached hydrogens (primary N) is 1. The van der Waals surface area contributed by atoms with E-state index < -0.39 is 5.91 Å². The molecule has 18 heavy (non-hydrogen) atoms. The average Bonchev–Trinajstić information content (AvgIpc) is 2.86. The topological polar surface area (TPSA) is 86.7 Å². The summed E-state index contributed by atoms with van der Waals surface area (Å²) >= 11 is 1.41. The van der Waals surface area contributed by atoms with Gasteiger partial charge in [0.25, 0.3) is 5.91 Å². The molecular weight excluding hydrogens is 250 g/mol. The number of carbonyl (C=O) groups excluding carboxylic acids is 1. The van der Waals surface area contributed by atoms with E-state index in [1.54, 1.807) is 10.1 Å². The zero-order valence-corrected chi connectivity index (χ0v) is 10.6. The minimum atomic E-state index is -0.494. The van der Waals surface area contributed by atoms with Crippen LogP contribution < -0.4 is 5.73 Å². The molecule has 2 heterocycles. The molecule has 0 radical (unpaired) electrons. The Morgan fingerprint density at radius 1 is 1.56 bits per heavy atom. The monoisotopic (exact) mass is 263 g/mol. The normalized spacial score (nSPS) is 15.6. The molecule has 0 unspecified atom stereocenters. The molecule has 1 amide bonds. The average molecular weight is 263 g/mol. The summed E-state index contributed by atoms with van der Waals surface area (Å²) in [5.41, 5.74) is 6.54. The molecule has 0 aromatic carbocycles. The van der Waals surface area contributed by atoms with Gasteiger partial charge in [-0.2, -0.15) is 0 Å². The Balaban J connectivity index is 1.71. The van der Waals surface area contributed by atoms with Crippen LogP contribution in [-0.2, 0) is 6.54 Å². The molecule has 0 bridgehead atoms. The zero-order chi connectivity index (χ0) is 12.5. The first-order chi connectivity index (χ1) is 8.72. The molecule has 6 nitrogen and oxygen atoms in total. The second-order valence-corrected chi connectivity index (χ2v) is 5.40.